The number of nitrogens with one attached hydrogen (secondary N) is 3. The lowest BCUT2D eigenvalue weighted by Gasteiger charge is -2.15. The quantitative estimate of drug-likeness (QED) is 0.0679. The largest absolute Gasteiger partial charge is 0.490 e. The van der Waals surface area contributed by atoms with Crippen LogP contribution in [0.25, 0.3) is 11.3 Å². The van der Waals surface area contributed by atoms with Gasteiger partial charge in [0.15, 0.2) is 23.2 Å². The van der Waals surface area contributed by atoms with E-state index in [1.807, 2.05) is 92.9 Å². The van der Waals surface area contributed by atoms with Crippen molar-refractivity contribution in [1.82, 2.24) is 10.4 Å². The maximum absolute atomic E-state index is 12.8. The number of aryl methyl sites for hydroxylation is 2. The minimum atomic E-state index is -0.345. The molecule has 0 aliphatic carbocycles. The molecule has 0 fully saturated rings. The fourth-order valence-electron chi connectivity index (χ4n) is 4.39. The minimum absolute atomic E-state index is 0.181. The van der Waals surface area contributed by atoms with E-state index in [9.17, 15) is 9.59 Å². The molecule has 1 heterocycles. The second-order valence-corrected chi connectivity index (χ2v) is 12.2. The number of amides is 2. The van der Waals surface area contributed by atoms with Crippen LogP contribution in [0.3, 0.4) is 0 Å². The van der Waals surface area contributed by atoms with Crippen molar-refractivity contribution >= 4 is 68.5 Å². The van der Waals surface area contributed by atoms with Gasteiger partial charge in [0, 0.05) is 27.9 Å². The molecule has 0 radical (unpaired) electrons. The van der Waals surface area contributed by atoms with E-state index in [1.54, 1.807) is 18.2 Å². The summed E-state index contributed by atoms with van der Waals surface area (Å²) in [6.07, 6.45) is 1.53. The first-order valence-corrected chi connectivity index (χ1v) is 16.4. The number of hydrogen-bond acceptors (Lipinski definition) is 8. The Bertz CT molecular complexity index is 1860. The lowest BCUT2D eigenvalue weighted by Crippen LogP contribution is -2.21. The zero-order valence-electron chi connectivity index (χ0n) is 25.5. The second kappa shape index (κ2) is 15.5. The molecular weight excluding hydrogens is 713 g/mol. The van der Waals surface area contributed by atoms with Gasteiger partial charge in [-0.05, 0) is 103 Å². The number of halogens is 1. The zero-order valence-corrected chi connectivity index (χ0v) is 28.4. The van der Waals surface area contributed by atoms with Crippen LogP contribution < -0.4 is 25.5 Å². The molecule has 3 N–H and O–H groups in total. The summed E-state index contributed by atoms with van der Waals surface area (Å²) in [5.41, 5.74) is 9.21. The summed E-state index contributed by atoms with van der Waals surface area (Å²) >= 11 is 3.64. The molecule has 0 saturated heterocycles. The molecule has 9 nitrogen and oxygen atoms in total. The molecule has 5 aromatic rings. The predicted molar refractivity (Wildman–Crippen MR) is 193 cm³/mol. The molecule has 4 aromatic carbocycles. The van der Waals surface area contributed by atoms with Gasteiger partial charge < -0.3 is 20.1 Å². The number of thiazole rings is 1. The van der Waals surface area contributed by atoms with Crippen LogP contribution in [0.4, 0.5) is 16.5 Å². The van der Waals surface area contributed by atoms with Crippen LogP contribution in [0.15, 0.2) is 95.4 Å². The molecule has 0 saturated carbocycles. The standard InChI is InChI=1S/C35H32IN5O4S/c1-4-44-31-18-24(17-28(36)33(31)45-20-32(42)39-29-16-22(2)10-11-23(29)3)19-37-41-34(43)26-14-12-25(13-15-26)30-21-46-35(40-30)38-27-8-6-5-7-9-27/h5-19,21H,4,20H2,1-3H3,(H,38,40)(H,39,42)(H,41,43)/b37-19+. The van der Waals surface area contributed by atoms with E-state index in [4.69, 9.17) is 9.47 Å². The smallest absolute Gasteiger partial charge is 0.271 e. The van der Waals surface area contributed by atoms with Gasteiger partial charge in [-0.15, -0.1) is 11.3 Å². The number of hydrazone groups is 1. The minimum Gasteiger partial charge on any atom is -0.490 e. The first kappa shape index (κ1) is 32.6. The van der Waals surface area contributed by atoms with E-state index in [0.717, 1.165) is 42.5 Å². The van der Waals surface area contributed by atoms with Crippen LogP contribution in [0.2, 0.25) is 0 Å². The Balaban J connectivity index is 1.18. The van der Waals surface area contributed by atoms with Gasteiger partial charge in [0.2, 0.25) is 0 Å². The Kier molecular flexibility index (Phi) is 11.0. The molecule has 0 aliphatic heterocycles. The van der Waals surface area contributed by atoms with Gasteiger partial charge in [0.25, 0.3) is 11.8 Å². The number of aromatic nitrogens is 1. The molecule has 0 aliphatic rings. The van der Waals surface area contributed by atoms with Gasteiger partial charge in [0.1, 0.15) is 0 Å². The van der Waals surface area contributed by atoms with Gasteiger partial charge >= 0.3 is 0 Å². The third kappa shape index (κ3) is 8.70. The first-order chi connectivity index (χ1) is 22.3. The number of anilines is 3. The third-order valence-electron chi connectivity index (χ3n) is 6.70. The maximum Gasteiger partial charge on any atom is 0.271 e. The first-order valence-electron chi connectivity index (χ1n) is 14.5. The second-order valence-electron chi connectivity index (χ2n) is 10.2. The highest BCUT2D eigenvalue weighted by atomic mass is 127. The predicted octanol–water partition coefficient (Wildman–Crippen LogP) is 7.96. The van der Waals surface area contributed by atoms with Crippen LogP contribution in [0.1, 0.15) is 34.0 Å². The van der Waals surface area contributed by atoms with Crippen LogP contribution in [-0.2, 0) is 4.79 Å². The highest BCUT2D eigenvalue weighted by Gasteiger charge is 2.15. The summed E-state index contributed by atoms with van der Waals surface area (Å²) in [5.74, 6) is 0.316. The number of rotatable bonds is 12. The lowest BCUT2D eigenvalue weighted by atomic mass is 10.1. The summed E-state index contributed by atoms with van der Waals surface area (Å²) in [6.45, 7) is 6.00. The van der Waals surface area contributed by atoms with Crippen molar-refractivity contribution in [2.45, 2.75) is 20.8 Å². The van der Waals surface area contributed by atoms with E-state index in [1.165, 1.54) is 17.6 Å². The normalized spacial score (nSPS) is 10.9. The van der Waals surface area contributed by atoms with Crippen molar-refractivity contribution in [2.24, 2.45) is 5.10 Å². The van der Waals surface area contributed by atoms with E-state index in [2.05, 4.69) is 48.7 Å². The molecular formula is C35H32IN5O4S. The van der Waals surface area contributed by atoms with Crippen molar-refractivity contribution in [3.05, 3.63) is 116 Å². The Morgan fingerprint density at radius 3 is 2.52 bits per heavy atom. The SMILES string of the molecule is CCOc1cc(/C=N/NC(=O)c2ccc(-c3csc(Nc4ccccc4)n3)cc2)cc(I)c1OCC(=O)Nc1cc(C)ccc1C. The van der Waals surface area contributed by atoms with Gasteiger partial charge in [0.05, 0.1) is 22.1 Å². The molecule has 11 heteroatoms. The molecule has 0 unspecified atom stereocenters. The lowest BCUT2D eigenvalue weighted by molar-refractivity contribution is -0.118. The summed E-state index contributed by atoms with van der Waals surface area (Å²) in [6, 6.07) is 26.5. The van der Waals surface area contributed by atoms with Crippen molar-refractivity contribution in [1.29, 1.82) is 0 Å². The highest BCUT2D eigenvalue weighted by Crippen LogP contribution is 2.34. The number of para-hydroxylation sites is 1. The maximum atomic E-state index is 12.8. The van der Waals surface area contributed by atoms with Crippen LogP contribution in [-0.4, -0.2) is 36.2 Å². The van der Waals surface area contributed by atoms with Crippen LogP contribution >= 0.6 is 33.9 Å². The van der Waals surface area contributed by atoms with Gasteiger partial charge in [-0.25, -0.2) is 10.4 Å². The van der Waals surface area contributed by atoms with E-state index in [0.29, 0.717) is 29.2 Å². The summed E-state index contributed by atoms with van der Waals surface area (Å²) < 4.78 is 12.4. The number of ether oxygens (including phenoxy) is 2. The van der Waals surface area contributed by atoms with E-state index < -0.39 is 0 Å². The topological polar surface area (TPSA) is 114 Å². The summed E-state index contributed by atoms with van der Waals surface area (Å²) in [5, 5.41) is 13.1. The molecule has 2 amide bonds. The molecule has 0 bridgehead atoms. The fourth-order valence-corrected chi connectivity index (χ4v) is 5.91. The molecule has 0 atom stereocenters. The average Bonchev–Trinajstić information content (AvgIpc) is 3.51. The summed E-state index contributed by atoms with van der Waals surface area (Å²) in [7, 11) is 0. The van der Waals surface area contributed by atoms with Gasteiger partial charge in [-0.3, -0.25) is 9.59 Å². The molecule has 1 aromatic heterocycles. The Morgan fingerprint density at radius 2 is 1.76 bits per heavy atom. The number of benzene rings is 4. The van der Waals surface area contributed by atoms with Crippen molar-refractivity contribution in [2.75, 3.05) is 23.8 Å². The number of hydrogen-bond donors (Lipinski definition) is 3. The monoisotopic (exact) mass is 745 g/mol. The Hall–Kier alpha value is -4.75. The Morgan fingerprint density at radius 1 is 0.978 bits per heavy atom. The number of carbonyl (C=O) groups excluding carboxylic acids is 2. The number of nitrogens with zero attached hydrogens (tertiary/aromatic N) is 2. The van der Waals surface area contributed by atoms with Crippen LogP contribution in [0, 0.1) is 17.4 Å². The number of carbonyl (C=O) groups is 2. The fraction of sp³-hybridized carbons (Fsp3) is 0.143. The molecule has 5 rings (SSSR count). The molecule has 46 heavy (non-hydrogen) atoms. The third-order valence-corrected chi connectivity index (χ3v) is 8.26. The van der Waals surface area contributed by atoms with E-state index in [-0.39, 0.29) is 18.4 Å². The van der Waals surface area contributed by atoms with Crippen molar-refractivity contribution in [3.63, 3.8) is 0 Å². The highest BCUT2D eigenvalue weighted by molar-refractivity contribution is 14.1. The zero-order chi connectivity index (χ0) is 32.5. The average molecular weight is 746 g/mol. The van der Waals surface area contributed by atoms with Crippen molar-refractivity contribution in [3.8, 4) is 22.8 Å². The van der Waals surface area contributed by atoms with Gasteiger partial charge in [-0.2, -0.15) is 5.10 Å². The van der Waals surface area contributed by atoms with Crippen molar-refractivity contribution < 1.29 is 19.1 Å². The Labute approximate surface area is 285 Å². The molecule has 234 valence electrons. The summed E-state index contributed by atoms with van der Waals surface area (Å²) in [4.78, 5) is 30.0. The van der Waals surface area contributed by atoms with E-state index >= 15 is 0 Å². The van der Waals surface area contributed by atoms with Gasteiger partial charge in [-0.1, -0.05) is 42.5 Å². The molecule has 0 spiro atoms. The van der Waals surface area contributed by atoms with Crippen LogP contribution in [0.5, 0.6) is 11.5 Å².